The lowest BCUT2D eigenvalue weighted by Gasteiger charge is -2.31. The van der Waals surface area contributed by atoms with Crippen LogP contribution in [-0.2, 0) is 10.8 Å². The first kappa shape index (κ1) is 36.5. The summed E-state index contributed by atoms with van der Waals surface area (Å²) in [5, 5.41) is 0. The van der Waals surface area contributed by atoms with Gasteiger partial charge in [0, 0.05) is 45.0 Å². The SMILES string of the molecule is Cc1ccc(N(c2ccc(C)cc2)c2ccc(C(C)(C)c3ccc(C(C)(C)c4ccc(N(c5ccc(C)cc5)c5ccc(C)cc5)cc4)cc3)cc2)cc1. The first-order chi connectivity index (χ1) is 25.9. The Labute approximate surface area is 323 Å². The Morgan fingerprint density at radius 2 is 0.389 bits per heavy atom. The van der Waals surface area contributed by atoms with Crippen molar-refractivity contribution in [1.82, 2.24) is 0 Å². The van der Waals surface area contributed by atoms with E-state index in [9.17, 15) is 0 Å². The number of hydrogen-bond donors (Lipinski definition) is 0. The van der Waals surface area contributed by atoms with Crippen LogP contribution in [0.15, 0.2) is 170 Å². The van der Waals surface area contributed by atoms with Crippen LogP contribution in [0.3, 0.4) is 0 Å². The van der Waals surface area contributed by atoms with Gasteiger partial charge >= 0.3 is 0 Å². The lowest BCUT2D eigenvalue weighted by Crippen LogP contribution is -2.22. The second kappa shape index (κ2) is 14.9. The van der Waals surface area contributed by atoms with Crippen LogP contribution < -0.4 is 9.80 Å². The molecule has 0 heterocycles. The van der Waals surface area contributed by atoms with Crippen LogP contribution in [0.25, 0.3) is 0 Å². The summed E-state index contributed by atoms with van der Waals surface area (Å²) in [5.74, 6) is 0. The molecule has 0 aliphatic rings. The predicted octanol–water partition coefficient (Wildman–Crippen LogP) is 14.5. The lowest BCUT2D eigenvalue weighted by molar-refractivity contribution is 0.626. The second-order valence-corrected chi connectivity index (χ2v) is 15.9. The predicted molar refractivity (Wildman–Crippen MR) is 232 cm³/mol. The van der Waals surface area contributed by atoms with Crippen molar-refractivity contribution < 1.29 is 0 Å². The van der Waals surface area contributed by atoms with Crippen LogP contribution in [0.5, 0.6) is 0 Å². The maximum Gasteiger partial charge on any atom is 0.0461 e. The molecule has 0 aromatic heterocycles. The number of anilines is 6. The van der Waals surface area contributed by atoms with Gasteiger partial charge < -0.3 is 9.80 Å². The Balaban J connectivity index is 1.13. The third-order valence-electron chi connectivity index (χ3n) is 11.2. The molecule has 7 rings (SSSR count). The van der Waals surface area contributed by atoms with Crippen molar-refractivity contribution in [2.75, 3.05) is 9.80 Å². The maximum atomic E-state index is 2.33. The highest BCUT2D eigenvalue weighted by atomic mass is 15.1. The molecule has 2 nitrogen and oxygen atoms in total. The quantitative estimate of drug-likeness (QED) is 0.140. The number of benzene rings is 7. The number of rotatable bonds is 10. The molecule has 0 aliphatic heterocycles. The highest BCUT2D eigenvalue weighted by molar-refractivity contribution is 5.78. The summed E-state index contributed by atoms with van der Waals surface area (Å²) >= 11 is 0. The third kappa shape index (κ3) is 7.48. The molecule has 7 aromatic carbocycles. The van der Waals surface area contributed by atoms with E-state index >= 15 is 0 Å². The smallest absolute Gasteiger partial charge is 0.0461 e. The third-order valence-corrected chi connectivity index (χ3v) is 11.2. The number of nitrogens with zero attached hydrogens (tertiary/aromatic N) is 2. The Kier molecular flexibility index (Phi) is 10.1. The van der Waals surface area contributed by atoms with Gasteiger partial charge in [-0.05, 0) is 123 Å². The topological polar surface area (TPSA) is 6.48 Å². The highest BCUT2D eigenvalue weighted by Gasteiger charge is 2.27. The van der Waals surface area contributed by atoms with Crippen molar-refractivity contribution in [3.8, 4) is 0 Å². The molecule has 0 aliphatic carbocycles. The van der Waals surface area contributed by atoms with Gasteiger partial charge in [0.2, 0.25) is 0 Å². The minimum absolute atomic E-state index is 0.170. The summed E-state index contributed by atoms with van der Waals surface area (Å²) in [6.07, 6.45) is 0. The van der Waals surface area contributed by atoms with Gasteiger partial charge in [0.05, 0.1) is 0 Å². The lowest BCUT2D eigenvalue weighted by atomic mass is 9.74. The molecule has 0 amide bonds. The van der Waals surface area contributed by atoms with Crippen molar-refractivity contribution in [2.45, 2.75) is 66.2 Å². The molecule has 0 saturated heterocycles. The molecule has 0 unspecified atom stereocenters. The maximum absolute atomic E-state index is 2.33. The molecule has 0 saturated carbocycles. The van der Waals surface area contributed by atoms with Gasteiger partial charge in [0.15, 0.2) is 0 Å². The van der Waals surface area contributed by atoms with Gasteiger partial charge in [-0.2, -0.15) is 0 Å². The van der Waals surface area contributed by atoms with Gasteiger partial charge in [-0.25, -0.2) is 0 Å². The van der Waals surface area contributed by atoms with E-state index in [-0.39, 0.29) is 10.8 Å². The van der Waals surface area contributed by atoms with Crippen molar-refractivity contribution in [1.29, 1.82) is 0 Å². The summed E-state index contributed by atoms with van der Waals surface area (Å²) in [4.78, 5) is 4.67. The monoisotopic (exact) mass is 704 g/mol. The van der Waals surface area contributed by atoms with Crippen molar-refractivity contribution in [2.24, 2.45) is 0 Å². The summed E-state index contributed by atoms with van der Waals surface area (Å²) in [7, 11) is 0. The van der Waals surface area contributed by atoms with Gasteiger partial charge in [-0.1, -0.05) is 147 Å². The molecule has 2 heteroatoms. The fourth-order valence-corrected chi connectivity index (χ4v) is 7.36. The fourth-order valence-electron chi connectivity index (χ4n) is 7.36. The average Bonchev–Trinajstić information content (AvgIpc) is 3.18. The van der Waals surface area contributed by atoms with E-state index in [1.54, 1.807) is 0 Å². The Hall–Kier alpha value is -5.86. The standard InChI is InChI=1S/C52H52N2/c1-37-9-25-45(26-10-37)53(46-27-11-38(2)12-28-46)49-33-21-43(22-34-49)51(5,6)41-17-19-42(20-18-41)52(7,8)44-23-35-50(36-24-44)54(47-29-13-39(3)14-30-47)48-31-15-40(4)16-32-48/h9-36H,1-8H3. The normalized spacial score (nSPS) is 11.7. The van der Waals surface area contributed by atoms with Crippen molar-refractivity contribution >= 4 is 34.1 Å². The zero-order valence-corrected chi connectivity index (χ0v) is 33.1. The molecule has 0 N–H and O–H groups in total. The van der Waals surface area contributed by atoms with Crippen LogP contribution in [-0.4, -0.2) is 0 Å². The van der Waals surface area contributed by atoms with Gasteiger partial charge in [-0.3, -0.25) is 0 Å². The molecule has 0 atom stereocenters. The van der Waals surface area contributed by atoms with E-state index in [4.69, 9.17) is 0 Å². The summed E-state index contributed by atoms with van der Waals surface area (Å²) in [5.41, 5.74) is 16.7. The minimum atomic E-state index is -0.170. The Bertz CT molecular complexity index is 2030. The average molecular weight is 705 g/mol. The van der Waals surface area contributed by atoms with E-state index in [1.807, 2.05) is 0 Å². The van der Waals surface area contributed by atoms with Crippen LogP contribution >= 0.6 is 0 Å². The molecular formula is C52H52N2. The molecule has 270 valence electrons. The van der Waals surface area contributed by atoms with Crippen molar-refractivity contribution in [3.05, 3.63) is 214 Å². The Morgan fingerprint density at radius 1 is 0.241 bits per heavy atom. The van der Waals surface area contributed by atoms with Crippen LogP contribution in [0, 0.1) is 27.7 Å². The summed E-state index contributed by atoms with van der Waals surface area (Å²) in [6.45, 7) is 17.8. The van der Waals surface area contributed by atoms with Gasteiger partial charge in [-0.15, -0.1) is 0 Å². The first-order valence-electron chi connectivity index (χ1n) is 19.1. The van der Waals surface area contributed by atoms with E-state index in [2.05, 4.69) is 235 Å². The molecule has 7 aromatic rings. The number of hydrogen-bond acceptors (Lipinski definition) is 2. The largest absolute Gasteiger partial charge is 0.311 e. The molecule has 0 bridgehead atoms. The highest BCUT2D eigenvalue weighted by Crippen LogP contribution is 2.40. The second-order valence-electron chi connectivity index (χ2n) is 15.9. The zero-order valence-electron chi connectivity index (χ0n) is 33.1. The van der Waals surface area contributed by atoms with Crippen molar-refractivity contribution in [3.63, 3.8) is 0 Å². The van der Waals surface area contributed by atoms with Gasteiger partial charge in [0.1, 0.15) is 0 Å². The molecule has 0 spiro atoms. The molecule has 54 heavy (non-hydrogen) atoms. The van der Waals surface area contributed by atoms with Crippen LogP contribution in [0.1, 0.15) is 72.2 Å². The first-order valence-corrected chi connectivity index (χ1v) is 19.1. The van der Waals surface area contributed by atoms with Crippen LogP contribution in [0.4, 0.5) is 34.1 Å². The fraction of sp³-hybridized carbons (Fsp3) is 0.192. The molecule has 0 radical (unpaired) electrons. The molecule has 0 fully saturated rings. The van der Waals surface area contributed by atoms with E-state index < -0.39 is 0 Å². The van der Waals surface area contributed by atoms with E-state index in [0.717, 1.165) is 34.1 Å². The zero-order chi connectivity index (χ0) is 38.0. The van der Waals surface area contributed by atoms with E-state index in [1.165, 1.54) is 44.5 Å². The number of aryl methyl sites for hydroxylation is 4. The Morgan fingerprint density at radius 3 is 0.574 bits per heavy atom. The van der Waals surface area contributed by atoms with E-state index in [0.29, 0.717) is 0 Å². The molecular weight excluding hydrogens is 653 g/mol. The summed E-state index contributed by atoms with van der Waals surface area (Å²) < 4.78 is 0. The van der Waals surface area contributed by atoms with Crippen LogP contribution in [0.2, 0.25) is 0 Å². The summed E-state index contributed by atoms with van der Waals surface area (Å²) in [6, 6.07) is 62.6. The van der Waals surface area contributed by atoms with Gasteiger partial charge in [0.25, 0.3) is 0 Å². The minimum Gasteiger partial charge on any atom is -0.311 e.